The second-order valence-electron chi connectivity index (χ2n) is 5.69. The lowest BCUT2D eigenvalue weighted by molar-refractivity contribution is -0.122. The third kappa shape index (κ3) is 6.25. The van der Waals surface area contributed by atoms with Gasteiger partial charge in [-0.2, -0.15) is 0 Å². The van der Waals surface area contributed by atoms with Gasteiger partial charge in [0.2, 0.25) is 5.91 Å². The molecule has 19 heavy (non-hydrogen) atoms. The summed E-state index contributed by atoms with van der Waals surface area (Å²) in [7, 11) is 0. The Morgan fingerprint density at radius 3 is 2.53 bits per heavy atom. The highest BCUT2D eigenvalue weighted by molar-refractivity contribution is 5.76. The SMILES string of the molecule is CC(C)(C)C(N)CC(=O)NCCOc1ccccc1. The number of amides is 1. The van der Waals surface area contributed by atoms with Crippen molar-refractivity contribution in [1.82, 2.24) is 5.32 Å². The lowest BCUT2D eigenvalue weighted by Gasteiger charge is -2.26. The minimum atomic E-state index is -0.137. The Labute approximate surface area is 115 Å². The molecule has 1 rings (SSSR count). The molecule has 1 amide bonds. The highest BCUT2D eigenvalue weighted by Gasteiger charge is 2.22. The van der Waals surface area contributed by atoms with Crippen LogP contribution < -0.4 is 15.8 Å². The first kappa shape index (κ1) is 15.5. The molecule has 0 fully saturated rings. The Morgan fingerprint density at radius 1 is 1.32 bits per heavy atom. The van der Waals surface area contributed by atoms with E-state index in [1.54, 1.807) is 0 Å². The highest BCUT2D eigenvalue weighted by atomic mass is 16.5. The molecule has 1 atom stereocenters. The molecular weight excluding hydrogens is 240 g/mol. The Balaban J connectivity index is 2.18. The zero-order valence-electron chi connectivity index (χ0n) is 12.0. The molecule has 106 valence electrons. The fraction of sp³-hybridized carbons (Fsp3) is 0.533. The van der Waals surface area contributed by atoms with Gasteiger partial charge < -0.3 is 15.8 Å². The topological polar surface area (TPSA) is 64.4 Å². The summed E-state index contributed by atoms with van der Waals surface area (Å²) in [6.07, 6.45) is 0.342. The summed E-state index contributed by atoms with van der Waals surface area (Å²) in [5.74, 6) is 0.780. The maximum atomic E-state index is 11.7. The molecule has 0 aliphatic carbocycles. The van der Waals surface area contributed by atoms with Crippen LogP contribution in [-0.2, 0) is 4.79 Å². The summed E-state index contributed by atoms with van der Waals surface area (Å²) >= 11 is 0. The molecule has 0 aliphatic heterocycles. The van der Waals surface area contributed by atoms with Crippen LogP contribution in [0.4, 0.5) is 0 Å². The predicted octanol–water partition coefficient (Wildman–Crippen LogP) is 1.95. The van der Waals surface area contributed by atoms with Crippen LogP contribution in [0, 0.1) is 5.41 Å². The van der Waals surface area contributed by atoms with Crippen LogP contribution in [0.2, 0.25) is 0 Å². The van der Waals surface area contributed by atoms with Crippen LogP contribution in [0.15, 0.2) is 30.3 Å². The Hall–Kier alpha value is -1.55. The van der Waals surface area contributed by atoms with E-state index >= 15 is 0 Å². The minimum Gasteiger partial charge on any atom is -0.492 e. The number of carbonyl (C=O) groups excluding carboxylic acids is 1. The zero-order valence-corrected chi connectivity index (χ0v) is 12.0. The summed E-state index contributed by atoms with van der Waals surface area (Å²) in [4.78, 5) is 11.7. The summed E-state index contributed by atoms with van der Waals surface area (Å²) in [6.45, 7) is 7.04. The van der Waals surface area contributed by atoms with Gasteiger partial charge in [-0.25, -0.2) is 0 Å². The summed E-state index contributed by atoms with van der Waals surface area (Å²) < 4.78 is 5.48. The number of benzene rings is 1. The zero-order chi connectivity index (χ0) is 14.3. The van der Waals surface area contributed by atoms with Gasteiger partial charge in [0.25, 0.3) is 0 Å². The van der Waals surface area contributed by atoms with Crippen molar-refractivity contribution in [3.8, 4) is 5.75 Å². The van der Waals surface area contributed by atoms with E-state index in [1.807, 2.05) is 51.1 Å². The van der Waals surface area contributed by atoms with Crippen molar-refractivity contribution in [3.05, 3.63) is 30.3 Å². The van der Waals surface area contributed by atoms with Gasteiger partial charge in [-0.3, -0.25) is 4.79 Å². The first-order valence-corrected chi connectivity index (χ1v) is 6.59. The number of para-hydroxylation sites is 1. The average molecular weight is 264 g/mol. The van der Waals surface area contributed by atoms with E-state index in [9.17, 15) is 4.79 Å². The molecule has 0 spiro atoms. The number of rotatable bonds is 6. The average Bonchev–Trinajstić information content (AvgIpc) is 2.35. The third-order valence-electron chi connectivity index (χ3n) is 2.95. The van der Waals surface area contributed by atoms with E-state index in [0.29, 0.717) is 19.6 Å². The van der Waals surface area contributed by atoms with E-state index < -0.39 is 0 Å². The summed E-state index contributed by atoms with van der Waals surface area (Å²) in [5.41, 5.74) is 5.90. The molecule has 0 radical (unpaired) electrons. The van der Waals surface area contributed by atoms with Gasteiger partial charge >= 0.3 is 0 Å². The number of hydrogen-bond acceptors (Lipinski definition) is 3. The quantitative estimate of drug-likeness (QED) is 0.772. The van der Waals surface area contributed by atoms with Crippen molar-refractivity contribution in [2.75, 3.05) is 13.2 Å². The summed E-state index contributed by atoms with van der Waals surface area (Å²) in [5, 5.41) is 2.81. The van der Waals surface area contributed by atoms with Crippen molar-refractivity contribution < 1.29 is 9.53 Å². The molecule has 0 aromatic heterocycles. The molecule has 4 heteroatoms. The second kappa shape index (κ2) is 7.14. The maximum absolute atomic E-state index is 11.7. The molecular formula is C15H24N2O2. The number of ether oxygens (including phenoxy) is 1. The molecule has 0 saturated carbocycles. The van der Waals surface area contributed by atoms with Gasteiger partial charge in [0.15, 0.2) is 0 Å². The molecule has 1 unspecified atom stereocenters. The van der Waals surface area contributed by atoms with Crippen molar-refractivity contribution in [3.63, 3.8) is 0 Å². The lowest BCUT2D eigenvalue weighted by Crippen LogP contribution is -2.40. The van der Waals surface area contributed by atoms with Gasteiger partial charge in [-0.1, -0.05) is 39.0 Å². The van der Waals surface area contributed by atoms with Crippen molar-refractivity contribution in [1.29, 1.82) is 0 Å². The fourth-order valence-corrected chi connectivity index (χ4v) is 1.45. The molecule has 3 N–H and O–H groups in total. The number of hydrogen-bond donors (Lipinski definition) is 2. The van der Waals surface area contributed by atoms with Crippen LogP contribution in [0.5, 0.6) is 5.75 Å². The van der Waals surface area contributed by atoms with Gasteiger partial charge in [0.1, 0.15) is 12.4 Å². The van der Waals surface area contributed by atoms with E-state index in [0.717, 1.165) is 5.75 Å². The fourth-order valence-electron chi connectivity index (χ4n) is 1.45. The molecule has 0 bridgehead atoms. The van der Waals surface area contributed by atoms with Crippen molar-refractivity contribution in [2.45, 2.75) is 33.2 Å². The summed E-state index contributed by atoms with van der Waals surface area (Å²) in [6, 6.07) is 9.39. The maximum Gasteiger partial charge on any atom is 0.221 e. The first-order chi connectivity index (χ1) is 8.89. The van der Waals surface area contributed by atoms with Crippen molar-refractivity contribution >= 4 is 5.91 Å². The van der Waals surface area contributed by atoms with Gasteiger partial charge in [0, 0.05) is 12.5 Å². The Morgan fingerprint density at radius 2 is 1.95 bits per heavy atom. The molecule has 1 aromatic carbocycles. The second-order valence-corrected chi connectivity index (χ2v) is 5.69. The van der Waals surface area contributed by atoms with Crippen LogP contribution >= 0.6 is 0 Å². The van der Waals surface area contributed by atoms with E-state index in [1.165, 1.54) is 0 Å². The van der Waals surface area contributed by atoms with Crippen LogP contribution in [0.1, 0.15) is 27.2 Å². The van der Waals surface area contributed by atoms with Gasteiger partial charge in [-0.05, 0) is 17.5 Å². The first-order valence-electron chi connectivity index (χ1n) is 6.59. The largest absolute Gasteiger partial charge is 0.492 e. The number of nitrogens with two attached hydrogens (primary N) is 1. The van der Waals surface area contributed by atoms with Gasteiger partial charge in [0.05, 0.1) is 6.54 Å². The predicted molar refractivity (Wildman–Crippen MR) is 77.0 cm³/mol. The van der Waals surface area contributed by atoms with E-state index in [4.69, 9.17) is 10.5 Å². The Bertz CT molecular complexity index is 385. The molecule has 0 saturated heterocycles. The Kier molecular flexibility index (Phi) is 5.83. The number of nitrogens with one attached hydrogen (secondary N) is 1. The molecule has 0 heterocycles. The number of carbonyl (C=O) groups is 1. The third-order valence-corrected chi connectivity index (χ3v) is 2.95. The standard InChI is InChI=1S/C15H24N2O2/c1-15(2,3)13(16)11-14(18)17-9-10-19-12-7-5-4-6-8-12/h4-8,13H,9-11,16H2,1-3H3,(H,17,18). The van der Waals surface area contributed by atoms with Crippen LogP contribution in [0.3, 0.4) is 0 Å². The van der Waals surface area contributed by atoms with E-state index in [-0.39, 0.29) is 17.4 Å². The normalized spacial score (nSPS) is 12.8. The van der Waals surface area contributed by atoms with E-state index in [2.05, 4.69) is 5.32 Å². The minimum absolute atomic E-state index is 0.0286. The smallest absolute Gasteiger partial charge is 0.221 e. The molecule has 1 aromatic rings. The lowest BCUT2D eigenvalue weighted by atomic mass is 9.85. The molecule has 4 nitrogen and oxygen atoms in total. The monoisotopic (exact) mass is 264 g/mol. The molecule has 0 aliphatic rings. The highest BCUT2D eigenvalue weighted by Crippen LogP contribution is 2.19. The van der Waals surface area contributed by atoms with Crippen molar-refractivity contribution in [2.24, 2.45) is 11.1 Å². The van der Waals surface area contributed by atoms with Gasteiger partial charge in [-0.15, -0.1) is 0 Å². The van der Waals surface area contributed by atoms with Crippen LogP contribution in [-0.4, -0.2) is 25.1 Å². The van der Waals surface area contributed by atoms with Crippen LogP contribution in [0.25, 0.3) is 0 Å².